The van der Waals surface area contributed by atoms with Crippen LogP contribution < -0.4 is 5.73 Å². The number of hydrogen-bond acceptors (Lipinski definition) is 5. The Hall–Kier alpha value is -3.73. The van der Waals surface area contributed by atoms with Crippen LogP contribution in [0.4, 0.5) is 5.82 Å². The van der Waals surface area contributed by atoms with E-state index in [4.69, 9.17) is 10.5 Å². The van der Waals surface area contributed by atoms with Gasteiger partial charge < -0.3 is 10.5 Å². The molecule has 0 radical (unpaired) electrons. The summed E-state index contributed by atoms with van der Waals surface area (Å²) in [5, 5.41) is 0. The van der Waals surface area contributed by atoms with Gasteiger partial charge in [0.2, 0.25) is 0 Å². The molecule has 0 saturated heterocycles. The van der Waals surface area contributed by atoms with E-state index < -0.39 is 0 Å². The second-order valence-electron chi connectivity index (χ2n) is 6.93. The highest BCUT2D eigenvalue weighted by molar-refractivity contribution is 5.91. The number of ether oxygens (including phenoxy) is 1. The van der Waals surface area contributed by atoms with E-state index in [1.54, 1.807) is 24.5 Å². The van der Waals surface area contributed by atoms with Crippen molar-refractivity contribution in [1.29, 1.82) is 0 Å². The largest absolute Gasteiger partial charge is 0.457 e. The van der Waals surface area contributed by atoms with Crippen molar-refractivity contribution in [3.63, 3.8) is 0 Å². The van der Waals surface area contributed by atoms with E-state index in [0.717, 1.165) is 33.5 Å². The number of nitrogens with two attached hydrogens (primary N) is 1. The summed E-state index contributed by atoms with van der Waals surface area (Å²) < 4.78 is 5.48. The molecule has 30 heavy (non-hydrogen) atoms. The minimum Gasteiger partial charge on any atom is -0.457 e. The number of nitrogens with zero attached hydrogens (tertiary/aromatic N) is 2. The quantitative estimate of drug-likeness (QED) is 0.451. The molecule has 2 heterocycles. The SMILES string of the molecule is C=C/C(=C\C)c1cc(Cc2cccc(C(=O)OCc3ccncc3)c2C)cc(N)n1. The van der Waals surface area contributed by atoms with Crippen LogP contribution in [0.2, 0.25) is 0 Å². The van der Waals surface area contributed by atoms with Gasteiger partial charge in [0, 0.05) is 12.4 Å². The normalized spacial score (nSPS) is 11.2. The summed E-state index contributed by atoms with van der Waals surface area (Å²) in [4.78, 5) is 21.0. The van der Waals surface area contributed by atoms with Gasteiger partial charge in [-0.2, -0.15) is 0 Å². The van der Waals surface area contributed by atoms with Crippen molar-refractivity contribution in [2.24, 2.45) is 0 Å². The number of anilines is 1. The lowest BCUT2D eigenvalue weighted by Gasteiger charge is -2.13. The molecule has 0 saturated carbocycles. The number of allylic oxidation sites excluding steroid dienone is 3. The average molecular weight is 399 g/mol. The molecule has 0 spiro atoms. The average Bonchev–Trinajstić information content (AvgIpc) is 2.75. The van der Waals surface area contributed by atoms with Crippen LogP contribution in [0.1, 0.15) is 45.2 Å². The third-order valence-electron chi connectivity index (χ3n) is 4.91. The molecule has 0 fully saturated rings. The van der Waals surface area contributed by atoms with E-state index in [2.05, 4.69) is 16.5 Å². The predicted molar refractivity (Wildman–Crippen MR) is 120 cm³/mol. The van der Waals surface area contributed by atoms with Crippen molar-refractivity contribution in [3.8, 4) is 0 Å². The van der Waals surface area contributed by atoms with Crippen LogP contribution in [0.15, 0.2) is 73.6 Å². The molecule has 0 atom stereocenters. The van der Waals surface area contributed by atoms with Gasteiger partial charge in [-0.3, -0.25) is 4.98 Å². The highest BCUT2D eigenvalue weighted by Crippen LogP contribution is 2.22. The van der Waals surface area contributed by atoms with Crippen molar-refractivity contribution >= 4 is 17.4 Å². The molecule has 5 nitrogen and oxygen atoms in total. The molecule has 0 unspecified atom stereocenters. The van der Waals surface area contributed by atoms with Crippen LogP contribution in [-0.2, 0) is 17.8 Å². The number of hydrogen-bond donors (Lipinski definition) is 1. The fourth-order valence-electron chi connectivity index (χ4n) is 3.25. The van der Waals surface area contributed by atoms with Crippen molar-refractivity contribution < 1.29 is 9.53 Å². The van der Waals surface area contributed by atoms with E-state index in [-0.39, 0.29) is 12.6 Å². The first kappa shape index (κ1) is 21.0. The van der Waals surface area contributed by atoms with E-state index in [9.17, 15) is 4.79 Å². The highest BCUT2D eigenvalue weighted by atomic mass is 16.5. The van der Waals surface area contributed by atoms with Gasteiger partial charge in [-0.25, -0.2) is 9.78 Å². The lowest BCUT2D eigenvalue weighted by Crippen LogP contribution is -2.09. The Morgan fingerprint density at radius 1 is 1.17 bits per heavy atom. The molecule has 2 N–H and O–H groups in total. The first-order valence-corrected chi connectivity index (χ1v) is 9.72. The van der Waals surface area contributed by atoms with Crippen LogP contribution in [-0.4, -0.2) is 15.9 Å². The summed E-state index contributed by atoms with van der Waals surface area (Å²) in [5.74, 6) is 0.109. The number of carbonyl (C=O) groups is 1. The van der Waals surface area contributed by atoms with Crippen molar-refractivity contribution in [2.45, 2.75) is 26.9 Å². The molecule has 0 aliphatic rings. The molecular formula is C25H25N3O2. The Bertz CT molecular complexity index is 1090. The molecule has 0 aliphatic carbocycles. The summed E-state index contributed by atoms with van der Waals surface area (Å²) in [7, 11) is 0. The number of esters is 1. The van der Waals surface area contributed by atoms with E-state index in [0.29, 0.717) is 17.8 Å². The number of pyridine rings is 2. The Morgan fingerprint density at radius 2 is 1.93 bits per heavy atom. The molecule has 5 heteroatoms. The van der Waals surface area contributed by atoms with Crippen molar-refractivity contribution in [2.75, 3.05) is 5.73 Å². The fourth-order valence-corrected chi connectivity index (χ4v) is 3.25. The predicted octanol–water partition coefficient (Wildman–Crippen LogP) is 4.90. The molecule has 3 rings (SSSR count). The van der Waals surface area contributed by atoms with E-state index in [1.807, 2.05) is 56.3 Å². The van der Waals surface area contributed by atoms with Gasteiger partial charge in [0.25, 0.3) is 0 Å². The third-order valence-corrected chi connectivity index (χ3v) is 4.91. The zero-order valence-electron chi connectivity index (χ0n) is 17.3. The number of benzene rings is 1. The zero-order chi connectivity index (χ0) is 21.5. The second kappa shape index (κ2) is 9.65. The third kappa shape index (κ3) is 5.00. The monoisotopic (exact) mass is 399 g/mol. The number of nitrogen functional groups attached to an aromatic ring is 1. The maximum Gasteiger partial charge on any atom is 0.338 e. The molecule has 152 valence electrons. The molecule has 0 aliphatic heterocycles. The Labute approximate surface area is 177 Å². The van der Waals surface area contributed by atoms with Crippen LogP contribution in [0.25, 0.3) is 5.57 Å². The molecule has 0 bridgehead atoms. The fraction of sp³-hybridized carbons (Fsp3) is 0.160. The minimum absolute atomic E-state index is 0.211. The lowest BCUT2D eigenvalue weighted by molar-refractivity contribution is 0.0471. The minimum atomic E-state index is -0.344. The smallest absolute Gasteiger partial charge is 0.338 e. The van der Waals surface area contributed by atoms with E-state index >= 15 is 0 Å². The van der Waals surface area contributed by atoms with Gasteiger partial charge in [-0.15, -0.1) is 0 Å². The number of carbonyl (C=O) groups excluding carboxylic acids is 1. The Balaban J connectivity index is 1.81. The molecule has 0 amide bonds. The molecule has 3 aromatic rings. The van der Waals surface area contributed by atoms with Crippen LogP contribution in [0.5, 0.6) is 0 Å². The summed E-state index contributed by atoms with van der Waals surface area (Å²) in [5.41, 5.74) is 12.1. The van der Waals surface area contributed by atoms with Crippen molar-refractivity contribution in [3.05, 3.63) is 107 Å². The van der Waals surface area contributed by atoms with Gasteiger partial charge >= 0.3 is 5.97 Å². The van der Waals surface area contributed by atoms with Gasteiger partial charge in [-0.1, -0.05) is 30.9 Å². The topological polar surface area (TPSA) is 78.1 Å². The van der Waals surface area contributed by atoms with Crippen LogP contribution in [0.3, 0.4) is 0 Å². The maximum absolute atomic E-state index is 12.6. The van der Waals surface area contributed by atoms with Gasteiger partial charge in [0.05, 0.1) is 11.3 Å². The molecular weight excluding hydrogens is 374 g/mol. The van der Waals surface area contributed by atoms with Gasteiger partial charge in [0.15, 0.2) is 0 Å². The highest BCUT2D eigenvalue weighted by Gasteiger charge is 2.14. The van der Waals surface area contributed by atoms with Gasteiger partial charge in [-0.05, 0) is 78.4 Å². The lowest BCUT2D eigenvalue weighted by atomic mass is 9.96. The molecule has 2 aromatic heterocycles. The number of rotatable bonds is 7. The Morgan fingerprint density at radius 3 is 2.63 bits per heavy atom. The number of aromatic nitrogens is 2. The maximum atomic E-state index is 12.6. The Kier molecular flexibility index (Phi) is 6.75. The van der Waals surface area contributed by atoms with Crippen LogP contribution >= 0.6 is 0 Å². The van der Waals surface area contributed by atoms with Crippen LogP contribution in [0, 0.1) is 6.92 Å². The first-order valence-electron chi connectivity index (χ1n) is 9.72. The van der Waals surface area contributed by atoms with E-state index in [1.165, 1.54) is 0 Å². The molecule has 1 aromatic carbocycles. The summed E-state index contributed by atoms with van der Waals surface area (Å²) in [6.07, 6.45) is 7.69. The summed E-state index contributed by atoms with van der Waals surface area (Å²) >= 11 is 0. The van der Waals surface area contributed by atoms with Crippen molar-refractivity contribution in [1.82, 2.24) is 9.97 Å². The second-order valence-corrected chi connectivity index (χ2v) is 6.93. The first-order chi connectivity index (χ1) is 14.5. The standard InChI is InChI=1S/C25H25N3O2/c1-4-20(5-2)23-14-19(15-24(26)28-23)13-21-7-6-8-22(17(21)3)25(29)30-16-18-9-11-27-12-10-18/h4-12,14-15H,1,13,16H2,2-3H3,(H2,26,28)/b20-5+. The zero-order valence-corrected chi connectivity index (χ0v) is 17.3. The van der Waals surface area contributed by atoms with Gasteiger partial charge in [0.1, 0.15) is 12.4 Å². The summed E-state index contributed by atoms with van der Waals surface area (Å²) in [6, 6.07) is 13.2. The summed E-state index contributed by atoms with van der Waals surface area (Å²) in [6.45, 7) is 7.92.